The van der Waals surface area contributed by atoms with Gasteiger partial charge in [-0.1, -0.05) is 6.07 Å². The molecule has 0 aliphatic rings. The van der Waals surface area contributed by atoms with Crippen LogP contribution in [0.2, 0.25) is 0 Å². The summed E-state index contributed by atoms with van der Waals surface area (Å²) in [6, 6.07) is 7.70. The Kier molecular flexibility index (Phi) is 8.81. The molecule has 20 heavy (non-hydrogen) atoms. The number of nitrogens with two attached hydrogens (primary N) is 4. The highest BCUT2D eigenvalue weighted by Gasteiger charge is 2.06. The minimum Gasteiger partial charge on any atom is -0.493 e. The Hall–Kier alpha value is -1.42. The van der Waals surface area contributed by atoms with Gasteiger partial charge in [-0.05, 0) is 40.8 Å². The second-order valence-electron chi connectivity index (χ2n) is 3.68. The van der Waals surface area contributed by atoms with Crippen molar-refractivity contribution in [2.75, 3.05) is 6.61 Å². The molecule has 9 heteroatoms. The molecule has 7 nitrogen and oxygen atoms in total. The quantitative estimate of drug-likeness (QED) is 0.303. The average molecular weight is 413 g/mol. The van der Waals surface area contributed by atoms with Crippen molar-refractivity contribution in [3.63, 3.8) is 0 Å². The van der Waals surface area contributed by atoms with E-state index in [2.05, 4.69) is 32.6 Å². The van der Waals surface area contributed by atoms with Crippen LogP contribution in [0.15, 0.2) is 34.3 Å². The number of nitrogens with zero attached hydrogens (tertiary/aromatic N) is 2. The minimum absolute atomic E-state index is 0. The lowest BCUT2D eigenvalue weighted by Crippen LogP contribution is -2.29. The first-order valence-electron chi connectivity index (χ1n) is 5.53. The summed E-state index contributed by atoms with van der Waals surface area (Å²) in [6.07, 6.45) is -0.0563. The molecule has 0 radical (unpaired) electrons. The van der Waals surface area contributed by atoms with Crippen LogP contribution >= 0.6 is 35.0 Å². The van der Waals surface area contributed by atoms with Crippen LogP contribution in [0, 0.1) is 3.57 Å². The van der Waals surface area contributed by atoms with Crippen molar-refractivity contribution in [3.8, 4) is 5.75 Å². The minimum atomic E-state index is -0.530. The molecule has 0 atom stereocenters. The Bertz CT molecular complexity index is 456. The van der Waals surface area contributed by atoms with Gasteiger partial charge in [-0.15, -0.1) is 12.4 Å². The zero-order chi connectivity index (χ0) is 14.3. The van der Waals surface area contributed by atoms with Crippen LogP contribution in [0.3, 0.4) is 0 Å². The van der Waals surface area contributed by atoms with Crippen molar-refractivity contribution in [2.24, 2.45) is 32.9 Å². The molecule has 0 spiro atoms. The highest BCUT2D eigenvalue weighted by molar-refractivity contribution is 14.1. The first-order valence-corrected chi connectivity index (χ1v) is 6.61. The van der Waals surface area contributed by atoms with E-state index in [4.69, 9.17) is 27.7 Å². The molecule has 0 amide bonds. The Morgan fingerprint density at radius 1 is 1.15 bits per heavy atom. The highest BCUT2D eigenvalue weighted by Crippen LogP contribution is 2.15. The predicted octanol–water partition coefficient (Wildman–Crippen LogP) is 0.355. The molecule has 0 aliphatic heterocycles. The molecule has 0 heterocycles. The number of hydrogen-bond acceptors (Lipinski definition) is 3. The first kappa shape index (κ1) is 18.6. The Labute approximate surface area is 137 Å². The van der Waals surface area contributed by atoms with Gasteiger partial charge in [-0.25, -0.2) is 9.98 Å². The number of rotatable bonds is 6. The third-order valence-corrected chi connectivity index (χ3v) is 2.71. The average Bonchev–Trinajstić information content (AvgIpc) is 2.27. The van der Waals surface area contributed by atoms with E-state index in [9.17, 15) is 0 Å². The summed E-state index contributed by atoms with van der Waals surface area (Å²) < 4.78 is 6.67. The van der Waals surface area contributed by atoms with E-state index in [1.165, 1.54) is 0 Å². The molecule has 1 aromatic rings. The highest BCUT2D eigenvalue weighted by atomic mass is 127. The molecule has 0 bridgehead atoms. The lowest BCUT2D eigenvalue weighted by Gasteiger charge is -2.10. The van der Waals surface area contributed by atoms with E-state index >= 15 is 0 Å². The van der Waals surface area contributed by atoms with Gasteiger partial charge in [-0.3, -0.25) is 0 Å². The molecule has 1 rings (SSSR count). The molecule has 8 N–H and O–H groups in total. The molecule has 1 aromatic carbocycles. The van der Waals surface area contributed by atoms with Crippen LogP contribution < -0.4 is 27.7 Å². The molecule has 0 fully saturated rings. The Balaban J connectivity index is 0.00000361. The zero-order valence-electron chi connectivity index (χ0n) is 10.7. The summed E-state index contributed by atoms with van der Waals surface area (Å²) in [4.78, 5) is 7.82. The molecular weight excluding hydrogens is 395 g/mol. The lowest BCUT2D eigenvalue weighted by atomic mass is 10.3. The first-order chi connectivity index (χ1) is 8.97. The Morgan fingerprint density at radius 2 is 1.75 bits per heavy atom. The topological polar surface area (TPSA) is 138 Å². The molecule has 0 aromatic heterocycles. The van der Waals surface area contributed by atoms with Gasteiger partial charge in [0.1, 0.15) is 11.9 Å². The van der Waals surface area contributed by atoms with Gasteiger partial charge < -0.3 is 27.7 Å². The van der Waals surface area contributed by atoms with Gasteiger partial charge in [0.15, 0.2) is 11.9 Å². The van der Waals surface area contributed by atoms with Crippen LogP contribution in [0.5, 0.6) is 5.75 Å². The Morgan fingerprint density at radius 3 is 2.25 bits per heavy atom. The van der Waals surface area contributed by atoms with Gasteiger partial charge in [0.05, 0.1) is 6.61 Å². The fraction of sp³-hybridized carbons (Fsp3) is 0.273. The van der Waals surface area contributed by atoms with Crippen LogP contribution in [-0.2, 0) is 0 Å². The van der Waals surface area contributed by atoms with Crippen molar-refractivity contribution < 1.29 is 4.74 Å². The van der Waals surface area contributed by atoms with Crippen molar-refractivity contribution in [1.82, 2.24) is 0 Å². The fourth-order valence-corrected chi connectivity index (χ4v) is 1.86. The van der Waals surface area contributed by atoms with E-state index in [0.717, 1.165) is 9.32 Å². The largest absolute Gasteiger partial charge is 0.493 e. The zero-order valence-corrected chi connectivity index (χ0v) is 13.7. The lowest BCUT2D eigenvalue weighted by molar-refractivity contribution is 0.299. The van der Waals surface area contributed by atoms with Crippen LogP contribution in [0.4, 0.5) is 0 Å². The van der Waals surface area contributed by atoms with Crippen molar-refractivity contribution in [3.05, 3.63) is 27.8 Å². The van der Waals surface area contributed by atoms with Gasteiger partial charge >= 0.3 is 0 Å². The summed E-state index contributed by atoms with van der Waals surface area (Å²) >= 11 is 2.21. The van der Waals surface area contributed by atoms with Gasteiger partial charge in [0, 0.05) is 9.99 Å². The third-order valence-electron chi connectivity index (χ3n) is 2.04. The van der Waals surface area contributed by atoms with Crippen LogP contribution in [0.25, 0.3) is 0 Å². The van der Waals surface area contributed by atoms with E-state index in [-0.39, 0.29) is 24.3 Å². The summed E-state index contributed by atoms with van der Waals surface area (Å²) in [6.45, 7) is 0.401. The number of benzene rings is 1. The molecule has 0 saturated carbocycles. The van der Waals surface area contributed by atoms with Crippen LogP contribution in [-0.4, -0.2) is 24.7 Å². The maximum Gasteiger partial charge on any atom is 0.188 e. The van der Waals surface area contributed by atoms with Crippen molar-refractivity contribution >= 4 is 46.9 Å². The molecular formula is C11H18ClIN6O. The standard InChI is InChI=1S/C11H17IN6O.ClH/c12-7-2-1-3-8(6-7)19-5-4-9(17-10(13)14)18-11(15)16;/h1-3,6,9H,4-5H2,(H4,13,14,17)(H4,15,16,18);1H. The summed E-state index contributed by atoms with van der Waals surface area (Å²) in [7, 11) is 0. The summed E-state index contributed by atoms with van der Waals surface area (Å²) in [5.74, 6) is 0.647. The third kappa shape index (κ3) is 7.89. The van der Waals surface area contributed by atoms with Gasteiger partial charge in [-0.2, -0.15) is 0 Å². The van der Waals surface area contributed by atoms with Gasteiger partial charge in [0.25, 0.3) is 0 Å². The number of ether oxygens (including phenoxy) is 1. The van der Waals surface area contributed by atoms with E-state index in [1.54, 1.807) is 0 Å². The second-order valence-corrected chi connectivity index (χ2v) is 4.93. The summed E-state index contributed by atoms with van der Waals surface area (Å²) in [5, 5.41) is 0. The smallest absolute Gasteiger partial charge is 0.188 e. The normalized spacial score (nSPS) is 9.50. The SMILES string of the molecule is Cl.NC(N)=NC(CCOc1cccc(I)c1)N=C(N)N. The molecule has 0 aliphatic carbocycles. The number of halogens is 2. The van der Waals surface area contributed by atoms with E-state index < -0.39 is 6.17 Å². The van der Waals surface area contributed by atoms with Crippen molar-refractivity contribution in [1.29, 1.82) is 0 Å². The van der Waals surface area contributed by atoms with Crippen LogP contribution in [0.1, 0.15) is 6.42 Å². The molecule has 0 saturated heterocycles. The number of guanidine groups is 2. The second kappa shape index (κ2) is 9.48. The van der Waals surface area contributed by atoms with Gasteiger partial charge in [0.2, 0.25) is 0 Å². The fourth-order valence-electron chi connectivity index (χ4n) is 1.34. The number of hydrogen-bond donors (Lipinski definition) is 4. The van der Waals surface area contributed by atoms with Crippen molar-refractivity contribution in [2.45, 2.75) is 12.6 Å². The monoisotopic (exact) mass is 412 g/mol. The molecule has 112 valence electrons. The van der Waals surface area contributed by atoms with E-state index in [0.29, 0.717) is 13.0 Å². The summed E-state index contributed by atoms with van der Waals surface area (Å²) in [5.41, 5.74) is 21.2. The predicted molar refractivity (Wildman–Crippen MR) is 91.9 cm³/mol. The van der Waals surface area contributed by atoms with E-state index in [1.807, 2.05) is 24.3 Å². The molecule has 0 unspecified atom stereocenters. The maximum atomic E-state index is 5.57. The maximum absolute atomic E-state index is 5.57. The number of aliphatic imine (C=N–C) groups is 2.